The Kier molecular flexibility index (Phi) is 9.85. The van der Waals surface area contributed by atoms with E-state index in [1.807, 2.05) is 48.8 Å². The molecule has 0 spiro atoms. The predicted octanol–water partition coefficient (Wildman–Crippen LogP) is 0.922. The molecule has 8 nitrogen and oxygen atoms in total. The molecule has 29 heavy (non-hydrogen) atoms. The normalized spacial score (nSPS) is 15.5. The first-order valence-electron chi connectivity index (χ1n) is 9.40. The van der Waals surface area contributed by atoms with Crippen LogP contribution in [0.25, 0.3) is 5.65 Å². The molecule has 1 saturated heterocycles. The second-order valence-corrected chi connectivity index (χ2v) is 7.34. The summed E-state index contributed by atoms with van der Waals surface area (Å²) in [6.45, 7) is 7.42. The van der Waals surface area contributed by atoms with Crippen LogP contribution in [-0.2, 0) is 16.1 Å². The minimum absolute atomic E-state index is 0. The highest BCUT2D eigenvalue weighted by atomic mass is 35.5. The number of piperazine rings is 1. The summed E-state index contributed by atoms with van der Waals surface area (Å²) in [5.41, 5.74) is 7.76. The number of aromatic nitrogens is 2. The van der Waals surface area contributed by atoms with E-state index < -0.39 is 6.04 Å². The van der Waals surface area contributed by atoms with Gasteiger partial charge >= 0.3 is 0 Å². The molecule has 1 aliphatic rings. The van der Waals surface area contributed by atoms with Crippen LogP contribution in [0.3, 0.4) is 0 Å². The van der Waals surface area contributed by atoms with E-state index in [0.29, 0.717) is 13.1 Å². The Labute approximate surface area is 183 Å². The number of halogens is 2. The molecule has 0 bridgehead atoms. The third-order valence-corrected chi connectivity index (χ3v) is 4.96. The molecule has 0 unspecified atom stereocenters. The number of imidazole rings is 1. The van der Waals surface area contributed by atoms with E-state index in [2.05, 4.69) is 15.2 Å². The number of nitrogens with zero attached hydrogens (tertiary/aromatic N) is 4. The van der Waals surface area contributed by atoms with Crippen LogP contribution in [0.5, 0.6) is 0 Å². The van der Waals surface area contributed by atoms with Gasteiger partial charge in [0.1, 0.15) is 5.65 Å². The molecule has 1 atom stereocenters. The summed E-state index contributed by atoms with van der Waals surface area (Å²) in [6.07, 6.45) is 4.03. The van der Waals surface area contributed by atoms with Crippen LogP contribution in [0, 0.1) is 5.92 Å². The average Bonchev–Trinajstić information content (AvgIpc) is 3.07. The number of nitrogens with one attached hydrogen (secondary N) is 1. The van der Waals surface area contributed by atoms with Crippen molar-refractivity contribution in [1.29, 1.82) is 0 Å². The largest absolute Gasteiger partial charge is 0.346 e. The fourth-order valence-electron chi connectivity index (χ4n) is 3.14. The lowest BCUT2D eigenvalue weighted by Crippen LogP contribution is -2.52. The molecular weight excluding hydrogens is 415 g/mol. The van der Waals surface area contributed by atoms with E-state index in [-0.39, 0.29) is 49.1 Å². The molecule has 2 aromatic heterocycles. The summed E-state index contributed by atoms with van der Waals surface area (Å²) >= 11 is 0. The molecule has 0 saturated carbocycles. The van der Waals surface area contributed by atoms with E-state index >= 15 is 0 Å². The molecule has 0 radical (unpaired) electrons. The van der Waals surface area contributed by atoms with Gasteiger partial charge in [-0.3, -0.25) is 14.5 Å². The number of nitrogens with two attached hydrogens (primary N) is 1. The molecule has 10 heteroatoms. The molecule has 1 aliphatic heterocycles. The lowest BCUT2D eigenvalue weighted by molar-refractivity contribution is -0.134. The summed E-state index contributed by atoms with van der Waals surface area (Å²) in [5, 5.41) is 2.65. The Morgan fingerprint density at radius 1 is 1.17 bits per heavy atom. The number of hydrogen-bond acceptors (Lipinski definition) is 5. The standard InChI is InChI=1S/C19H28N6O2.2ClH/c1-14(2)18(20)19(27)21-11-17(26)24-9-7-23(8-10-24)12-15-13-25-6-4-3-5-16(25)22-15;;/h3-6,13-14,18H,7-12,20H2,1-2H3,(H,21,27);2*1H/t18-;;/m0../s1. The number of rotatable bonds is 6. The first kappa shape index (κ1) is 25.2. The van der Waals surface area contributed by atoms with E-state index in [1.165, 1.54) is 0 Å². The molecule has 0 aromatic carbocycles. The van der Waals surface area contributed by atoms with Crippen molar-refractivity contribution in [2.45, 2.75) is 26.4 Å². The molecule has 3 rings (SSSR count). The summed E-state index contributed by atoms with van der Waals surface area (Å²) < 4.78 is 2.01. The van der Waals surface area contributed by atoms with Crippen molar-refractivity contribution in [3.63, 3.8) is 0 Å². The quantitative estimate of drug-likeness (QED) is 0.690. The number of amides is 2. The molecule has 0 aliphatic carbocycles. The van der Waals surface area contributed by atoms with E-state index in [4.69, 9.17) is 5.73 Å². The molecule has 2 amide bonds. The Bertz CT molecular complexity index is 772. The van der Waals surface area contributed by atoms with Crippen LogP contribution < -0.4 is 11.1 Å². The van der Waals surface area contributed by atoms with Crippen LogP contribution in [0.15, 0.2) is 30.6 Å². The Balaban J connectivity index is 0.00000210. The number of carbonyl (C=O) groups is 2. The van der Waals surface area contributed by atoms with Crippen molar-refractivity contribution in [3.05, 3.63) is 36.3 Å². The van der Waals surface area contributed by atoms with Gasteiger partial charge in [0, 0.05) is 45.1 Å². The van der Waals surface area contributed by atoms with Gasteiger partial charge < -0.3 is 20.4 Å². The minimum atomic E-state index is -0.583. The fraction of sp³-hybridized carbons (Fsp3) is 0.526. The maximum atomic E-state index is 12.3. The lowest BCUT2D eigenvalue weighted by atomic mass is 10.1. The van der Waals surface area contributed by atoms with Crippen molar-refractivity contribution in [2.24, 2.45) is 11.7 Å². The Morgan fingerprint density at radius 2 is 1.86 bits per heavy atom. The molecule has 2 aromatic rings. The minimum Gasteiger partial charge on any atom is -0.346 e. The first-order chi connectivity index (χ1) is 12.9. The predicted molar refractivity (Wildman–Crippen MR) is 117 cm³/mol. The van der Waals surface area contributed by atoms with Crippen molar-refractivity contribution < 1.29 is 9.59 Å². The lowest BCUT2D eigenvalue weighted by Gasteiger charge is -2.34. The molecular formula is C19H30Cl2N6O2. The smallest absolute Gasteiger partial charge is 0.242 e. The zero-order chi connectivity index (χ0) is 19.4. The van der Waals surface area contributed by atoms with Gasteiger partial charge in [-0.25, -0.2) is 4.98 Å². The second-order valence-electron chi connectivity index (χ2n) is 7.34. The first-order valence-corrected chi connectivity index (χ1v) is 9.40. The summed E-state index contributed by atoms with van der Waals surface area (Å²) in [7, 11) is 0. The molecule has 162 valence electrons. The SMILES string of the molecule is CC(C)[C@H](N)C(=O)NCC(=O)N1CCN(Cc2cn3ccccc3n2)CC1.Cl.Cl. The second kappa shape index (κ2) is 11.3. The van der Waals surface area contributed by atoms with Gasteiger partial charge in [-0.1, -0.05) is 19.9 Å². The van der Waals surface area contributed by atoms with Gasteiger partial charge in [0.25, 0.3) is 0 Å². The van der Waals surface area contributed by atoms with Crippen molar-refractivity contribution in [3.8, 4) is 0 Å². The molecule has 3 N–H and O–H groups in total. The van der Waals surface area contributed by atoms with E-state index in [0.717, 1.165) is 31.0 Å². The summed E-state index contributed by atoms with van der Waals surface area (Å²) in [5.74, 6) is -0.293. The van der Waals surface area contributed by atoms with Gasteiger partial charge in [0.2, 0.25) is 11.8 Å². The molecule has 3 heterocycles. The number of fused-ring (bicyclic) bond motifs is 1. The van der Waals surface area contributed by atoms with Crippen molar-refractivity contribution >= 4 is 42.3 Å². The van der Waals surface area contributed by atoms with Crippen LogP contribution >= 0.6 is 24.8 Å². The average molecular weight is 445 g/mol. The maximum Gasteiger partial charge on any atom is 0.242 e. The van der Waals surface area contributed by atoms with Crippen molar-refractivity contribution in [2.75, 3.05) is 32.7 Å². The van der Waals surface area contributed by atoms with Gasteiger partial charge in [0.15, 0.2) is 0 Å². The van der Waals surface area contributed by atoms with Crippen LogP contribution in [0.2, 0.25) is 0 Å². The highest BCUT2D eigenvalue weighted by Gasteiger charge is 2.23. The fourth-order valence-corrected chi connectivity index (χ4v) is 3.14. The summed E-state index contributed by atoms with van der Waals surface area (Å²) in [4.78, 5) is 32.9. The van der Waals surface area contributed by atoms with E-state index in [1.54, 1.807) is 4.90 Å². The maximum absolute atomic E-state index is 12.3. The van der Waals surface area contributed by atoms with Gasteiger partial charge in [0.05, 0.1) is 18.3 Å². The number of carbonyl (C=O) groups excluding carboxylic acids is 2. The third kappa shape index (κ3) is 6.57. The summed E-state index contributed by atoms with van der Waals surface area (Å²) in [6, 6.07) is 5.36. The zero-order valence-electron chi connectivity index (χ0n) is 16.8. The van der Waals surface area contributed by atoms with Crippen LogP contribution in [0.4, 0.5) is 0 Å². The van der Waals surface area contributed by atoms with Crippen molar-refractivity contribution in [1.82, 2.24) is 24.5 Å². The highest BCUT2D eigenvalue weighted by Crippen LogP contribution is 2.10. The van der Waals surface area contributed by atoms with Crippen LogP contribution in [0.1, 0.15) is 19.5 Å². The topological polar surface area (TPSA) is 96.0 Å². The zero-order valence-corrected chi connectivity index (χ0v) is 18.4. The molecule has 1 fully saturated rings. The van der Waals surface area contributed by atoms with Crippen LogP contribution in [-0.4, -0.2) is 69.8 Å². The monoisotopic (exact) mass is 444 g/mol. The number of hydrogen-bond donors (Lipinski definition) is 2. The highest BCUT2D eigenvalue weighted by molar-refractivity contribution is 5.87. The van der Waals surface area contributed by atoms with E-state index in [9.17, 15) is 9.59 Å². The Morgan fingerprint density at radius 3 is 2.48 bits per heavy atom. The van der Waals surface area contributed by atoms with Gasteiger partial charge in [-0.2, -0.15) is 0 Å². The van der Waals surface area contributed by atoms with Gasteiger partial charge in [-0.15, -0.1) is 24.8 Å². The Hall–Kier alpha value is -1.87. The number of pyridine rings is 1. The third-order valence-electron chi connectivity index (χ3n) is 4.96. The van der Waals surface area contributed by atoms with Gasteiger partial charge in [-0.05, 0) is 18.1 Å².